The molecule has 236 valence electrons. The monoisotopic (exact) mass is 920 g/mol. The first-order valence-corrected chi connectivity index (χ1v) is 23.6. The Morgan fingerprint density at radius 1 is 0.581 bits per heavy atom. The van der Waals surface area contributed by atoms with Crippen molar-refractivity contribution in [2.24, 2.45) is 9.98 Å². The molecular formula is C33H36Br4N4Ni2. The summed E-state index contributed by atoms with van der Waals surface area (Å²) in [5.41, 5.74) is 11.7. The third kappa shape index (κ3) is 13.1. The van der Waals surface area contributed by atoms with Gasteiger partial charge in [0.2, 0.25) is 0 Å². The molecule has 0 saturated carbocycles. The summed E-state index contributed by atoms with van der Waals surface area (Å²) in [6.45, 7) is 8.82. The zero-order valence-corrected chi connectivity index (χ0v) is 32.9. The van der Waals surface area contributed by atoms with Gasteiger partial charge in [0.25, 0.3) is 0 Å². The number of aryl methyl sites for hydroxylation is 4. The third-order valence-electron chi connectivity index (χ3n) is 6.61. The van der Waals surface area contributed by atoms with Crippen LogP contribution in [0.25, 0.3) is 0 Å². The fraction of sp³-hybridized carbons (Fsp3) is 0.273. The van der Waals surface area contributed by atoms with Gasteiger partial charge in [-0.1, -0.05) is 64.1 Å². The second-order valence-electron chi connectivity index (χ2n) is 9.23. The van der Waals surface area contributed by atoms with Crippen molar-refractivity contribution in [2.75, 3.05) is 0 Å². The number of aromatic nitrogens is 2. The summed E-state index contributed by atoms with van der Waals surface area (Å²) in [5, 5.41) is 0. The molecule has 2 aromatic heterocycles. The fourth-order valence-corrected chi connectivity index (χ4v) is 4.68. The molecule has 43 heavy (non-hydrogen) atoms. The first kappa shape index (κ1) is 38.2. The van der Waals surface area contributed by atoms with E-state index < -0.39 is 0 Å². The van der Waals surface area contributed by atoms with Gasteiger partial charge in [-0.25, -0.2) is 0 Å². The Kier molecular flexibility index (Phi) is 20.0. The minimum absolute atomic E-state index is 0.876. The molecule has 0 aliphatic heterocycles. The summed E-state index contributed by atoms with van der Waals surface area (Å²) in [6, 6.07) is 21.1. The van der Waals surface area contributed by atoms with E-state index in [-0.39, 0.29) is 0 Å². The maximum atomic E-state index is 4.87. The van der Waals surface area contributed by atoms with Gasteiger partial charge in [-0.15, -0.1) is 0 Å². The first-order valence-electron chi connectivity index (χ1n) is 13.8. The molecule has 4 rings (SSSR count). The Hall–Kier alpha value is -1.01. The van der Waals surface area contributed by atoms with Crippen LogP contribution in [-0.4, -0.2) is 22.4 Å². The van der Waals surface area contributed by atoms with Crippen LogP contribution in [0.5, 0.6) is 0 Å². The quantitative estimate of drug-likeness (QED) is 0.118. The Balaban J connectivity index is 0.000000992. The van der Waals surface area contributed by atoms with Crippen LogP contribution in [-0.2, 0) is 53.9 Å². The van der Waals surface area contributed by atoms with E-state index in [1.807, 2.05) is 48.8 Å². The molecule has 0 saturated heterocycles. The molecule has 10 heteroatoms. The Morgan fingerprint density at radius 2 is 0.907 bits per heavy atom. The summed E-state index contributed by atoms with van der Waals surface area (Å²) in [5.74, 6) is 0. The van der Waals surface area contributed by atoms with E-state index in [4.69, 9.17) is 9.98 Å². The topological polar surface area (TPSA) is 50.5 Å². The molecule has 2 aromatic carbocycles. The number of hydrogen-bond acceptors (Lipinski definition) is 4. The van der Waals surface area contributed by atoms with Crippen molar-refractivity contribution in [3.05, 3.63) is 118 Å². The average Bonchev–Trinajstić information content (AvgIpc) is 3.04. The molecule has 0 aliphatic carbocycles. The number of hydrogen-bond donors (Lipinski definition) is 0. The van der Waals surface area contributed by atoms with Gasteiger partial charge in [-0.3, -0.25) is 20.0 Å². The fourth-order valence-electron chi connectivity index (χ4n) is 4.68. The van der Waals surface area contributed by atoms with E-state index in [1.54, 1.807) is 12.4 Å². The zero-order chi connectivity index (χ0) is 31.5. The van der Waals surface area contributed by atoms with E-state index >= 15 is 0 Å². The molecule has 0 fully saturated rings. The maximum absolute atomic E-state index is 4.87. The van der Waals surface area contributed by atoms with Gasteiger partial charge in [-0.2, -0.15) is 0 Å². The van der Waals surface area contributed by atoms with E-state index in [9.17, 15) is 0 Å². The van der Waals surface area contributed by atoms with Crippen LogP contribution in [0.3, 0.4) is 0 Å². The van der Waals surface area contributed by atoms with Crippen molar-refractivity contribution in [3.8, 4) is 0 Å². The molecule has 0 bridgehead atoms. The van der Waals surface area contributed by atoms with Gasteiger partial charge < -0.3 is 0 Å². The molecule has 0 atom stereocenters. The van der Waals surface area contributed by atoms with Crippen LogP contribution in [0, 0.1) is 0 Å². The summed E-state index contributed by atoms with van der Waals surface area (Å²) < 4.78 is 0. The van der Waals surface area contributed by atoms with Gasteiger partial charge in [0.1, 0.15) is 0 Å². The predicted octanol–water partition coefficient (Wildman–Crippen LogP) is 11.2. The molecule has 2 heterocycles. The molecule has 0 aliphatic rings. The number of rotatable bonds is 10. The van der Waals surface area contributed by atoms with E-state index in [0.29, 0.717) is 0 Å². The normalized spacial score (nSPS) is 11.0. The number of benzene rings is 2. The molecule has 0 N–H and O–H groups in total. The van der Waals surface area contributed by atoms with E-state index in [1.165, 1.54) is 55.2 Å². The van der Waals surface area contributed by atoms with Crippen molar-refractivity contribution in [1.82, 2.24) is 9.97 Å². The first-order chi connectivity index (χ1) is 21.0. The number of nitrogens with zero attached hydrogens (tertiary/aromatic N) is 4. The molecule has 0 radical (unpaired) electrons. The summed E-state index contributed by atoms with van der Waals surface area (Å²) >= 11 is 12.0. The second-order valence-corrected chi connectivity index (χ2v) is 19.2. The van der Waals surface area contributed by atoms with Crippen LogP contribution in [0.2, 0.25) is 0 Å². The molecule has 0 unspecified atom stereocenters. The van der Waals surface area contributed by atoms with Crippen molar-refractivity contribution in [2.45, 2.75) is 59.8 Å². The van der Waals surface area contributed by atoms with E-state index in [0.717, 1.165) is 54.9 Å². The molecular weight excluding hydrogens is 889 g/mol. The summed E-state index contributed by atoms with van der Waals surface area (Å²) in [7, 11) is 2.50. The Bertz CT molecular complexity index is 1280. The summed E-state index contributed by atoms with van der Waals surface area (Å²) in [6.07, 6.45) is 12.0. The molecule has 0 amide bonds. The molecule has 0 spiro atoms. The van der Waals surface area contributed by atoms with Crippen molar-refractivity contribution >= 4 is 80.7 Å². The van der Waals surface area contributed by atoms with E-state index in [2.05, 4.69) is 119 Å². The van der Waals surface area contributed by atoms with Gasteiger partial charge in [0.15, 0.2) is 0 Å². The average molecular weight is 926 g/mol. The van der Waals surface area contributed by atoms with Gasteiger partial charge in [-0.05, 0) is 89.8 Å². The van der Waals surface area contributed by atoms with Crippen LogP contribution >= 0.6 is 56.9 Å². The SMILES string of the molecule is CCc1cc(Cc2cc(CC)c(N=Cc3ccccn3)c(CC)c2)cc(CC)c1N=Cc1ccccn1.[Br][Ni][Br].[Br][Ni][Br]. The van der Waals surface area contributed by atoms with Gasteiger partial charge >= 0.3 is 78.7 Å². The molecule has 4 aromatic rings. The van der Waals surface area contributed by atoms with Gasteiger partial charge in [0, 0.05) is 12.4 Å². The van der Waals surface area contributed by atoms with Crippen LogP contribution in [0.1, 0.15) is 72.5 Å². The predicted molar refractivity (Wildman–Crippen MR) is 192 cm³/mol. The van der Waals surface area contributed by atoms with Crippen molar-refractivity contribution in [1.29, 1.82) is 0 Å². The third-order valence-corrected chi connectivity index (χ3v) is 6.61. The van der Waals surface area contributed by atoms with Crippen LogP contribution in [0.4, 0.5) is 11.4 Å². The Labute approximate surface area is 297 Å². The minimum atomic E-state index is 0.876. The number of pyridine rings is 2. The van der Waals surface area contributed by atoms with Crippen molar-refractivity contribution < 1.29 is 21.8 Å². The summed E-state index contributed by atoms with van der Waals surface area (Å²) in [4.78, 5) is 18.5. The number of halogens is 4. The standard InChI is InChI=1S/C33H36N4.4BrH.2Ni/c1-5-26-18-24(19-27(6-2)32(26)36-22-30-13-9-11-15-34-30)17-25-20-28(7-3)33(29(8-4)21-25)37-23-31-14-10-12-16-35-31;;;;;;/h9-16,18-23H,5-8,17H2,1-4H3;4*1H;;/q;;;;;2*+2/p-4. The van der Waals surface area contributed by atoms with Crippen LogP contribution in [0.15, 0.2) is 83.0 Å². The second kappa shape index (κ2) is 22.5. The zero-order valence-electron chi connectivity index (χ0n) is 24.6. The molecule has 4 nitrogen and oxygen atoms in total. The Morgan fingerprint density at radius 3 is 1.16 bits per heavy atom. The number of aliphatic imine (C=N–C) groups is 2. The van der Waals surface area contributed by atoms with Crippen LogP contribution < -0.4 is 0 Å². The van der Waals surface area contributed by atoms with Crippen molar-refractivity contribution in [3.63, 3.8) is 0 Å². The van der Waals surface area contributed by atoms with Gasteiger partial charge in [0.05, 0.1) is 35.2 Å².